The van der Waals surface area contributed by atoms with Crippen molar-refractivity contribution in [1.82, 2.24) is 9.13 Å². The molecule has 1 aromatic carbocycles. The monoisotopic (exact) mass is 375 g/mol. The standard InChI is InChI=1S/C18H18FN3O3S/c1-2-3-8-21-17(24)16-14(7-9-26-16)22(18(21)25)11-15(23)20-13-6-4-5-12(19)10-13/h4-7,9-10H,2-3,8,11H2,1H3,(H,20,23). The molecule has 26 heavy (non-hydrogen) atoms. The Hall–Kier alpha value is -2.74. The zero-order valence-corrected chi connectivity index (χ0v) is 15.0. The second kappa shape index (κ2) is 7.65. The number of carbonyl (C=O) groups excluding carboxylic acids is 1. The number of fused-ring (bicyclic) bond motifs is 1. The Kier molecular flexibility index (Phi) is 5.32. The molecule has 136 valence electrons. The zero-order valence-electron chi connectivity index (χ0n) is 14.2. The molecule has 0 aliphatic rings. The van der Waals surface area contributed by atoms with Gasteiger partial charge in [-0.05, 0) is 36.1 Å². The molecule has 0 bridgehead atoms. The summed E-state index contributed by atoms with van der Waals surface area (Å²) in [5, 5.41) is 4.29. The van der Waals surface area contributed by atoms with Gasteiger partial charge >= 0.3 is 5.69 Å². The molecule has 0 aliphatic carbocycles. The summed E-state index contributed by atoms with van der Waals surface area (Å²) in [7, 11) is 0. The van der Waals surface area contributed by atoms with Gasteiger partial charge < -0.3 is 5.32 Å². The summed E-state index contributed by atoms with van der Waals surface area (Å²) < 4.78 is 16.2. The van der Waals surface area contributed by atoms with E-state index in [0.717, 1.165) is 6.42 Å². The molecule has 2 heterocycles. The lowest BCUT2D eigenvalue weighted by Gasteiger charge is -2.12. The molecule has 1 amide bonds. The SMILES string of the molecule is CCCCn1c(=O)c2sccc2n(CC(=O)Nc2cccc(F)c2)c1=O. The Labute approximate surface area is 152 Å². The Morgan fingerprint density at radius 3 is 2.77 bits per heavy atom. The highest BCUT2D eigenvalue weighted by molar-refractivity contribution is 7.17. The number of nitrogens with one attached hydrogen (secondary N) is 1. The second-order valence-electron chi connectivity index (χ2n) is 5.87. The number of unbranched alkanes of at least 4 members (excludes halogenated alkanes) is 1. The third-order valence-electron chi connectivity index (χ3n) is 3.98. The van der Waals surface area contributed by atoms with E-state index in [9.17, 15) is 18.8 Å². The van der Waals surface area contributed by atoms with Crippen LogP contribution in [-0.2, 0) is 17.9 Å². The maximum absolute atomic E-state index is 13.2. The molecule has 0 saturated heterocycles. The third kappa shape index (κ3) is 3.60. The number of hydrogen-bond acceptors (Lipinski definition) is 4. The van der Waals surface area contributed by atoms with Gasteiger partial charge in [-0.3, -0.25) is 18.7 Å². The van der Waals surface area contributed by atoms with Crippen molar-refractivity contribution in [3.8, 4) is 0 Å². The van der Waals surface area contributed by atoms with Gasteiger partial charge in [-0.2, -0.15) is 0 Å². The van der Waals surface area contributed by atoms with Crippen molar-refractivity contribution in [1.29, 1.82) is 0 Å². The van der Waals surface area contributed by atoms with Crippen molar-refractivity contribution < 1.29 is 9.18 Å². The van der Waals surface area contributed by atoms with Crippen LogP contribution in [0.5, 0.6) is 0 Å². The van der Waals surface area contributed by atoms with Gasteiger partial charge in [0.05, 0.1) is 5.52 Å². The minimum atomic E-state index is -0.510. The summed E-state index contributed by atoms with van der Waals surface area (Å²) in [4.78, 5) is 37.6. The van der Waals surface area contributed by atoms with Gasteiger partial charge in [-0.25, -0.2) is 9.18 Å². The van der Waals surface area contributed by atoms with E-state index < -0.39 is 17.4 Å². The Morgan fingerprint density at radius 1 is 1.23 bits per heavy atom. The van der Waals surface area contributed by atoms with Crippen molar-refractivity contribution in [2.75, 3.05) is 5.32 Å². The molecular formula is C18H18FN3O3S. The van der Waals surface area contributed by atoms with Crippen LogP contribution in [0.1, 0.15) is 19.8 Å². The number of aromatic nitrogens is 2. The van der Waals surface area contributed by atoms with E-state index in [2.05, 4.69) is 5.32 Å². The number of rotatable bonds is 6. The molecule has 0 atom stereocenters. The quantitative estimate of drug-likeness (QED) is 0.720. The number of carbonyl (C=O) groups is 1. The van der Waals surface area contributed by atoms with Crippen LogP contribution in [0.4, 0.5) is 10.1 Å². The minimum absolute atomic E-state index is 0.255. The second-order valence-corrected chi connectivity index (χ2v) is 6.79. The molecule has 8 heteroatoms. The maximum Gasteiger partial charge on any atom is 0.332 e. The van der Waals surface area contributed by atoms with Crippen LogP contribution in [0.2, 0.25) is 0 Å². The first kappa shape index (κ1) is 18.1. The van der Waals surface area contributed by atoms with E-state index in [4.69, 9.17) is 0 Å². The number of halogens is 1. The smallest absolute Gasteiger partial charge is 0.324 e. The van der Waals surface area contributed by atoms with Crippen LogP contribution >= 0.6 is 11.3 Å². The van der Waals surface area contributed by atoms with Crippen molar-refractivity contribution in [2.24, 2.45) is 0 Å². The molecule has 3 aromatic rings. The molecule has 6 nitrogen and oxygen atoms in total. The van der Waals surface area contributed by atoms with Crippen molar-refractivity contribution in [3.63, 3.8) is 0 Å². The van der Waals surface area contributed by atoms with Crippen molar-refractivity contribution in [2.45, 2.75) is 32.9 Å². The molecule has 0 fully saturated rings. The van der Waals surface area contributed by atoms with Crippen LogP contribution in [0.15, 0.2) is 45.3 Å². The Bertz CT molecular complexity index is 1070. The number of anilines is 1. The minimum Gasteiger partial charge on any atom is -0.324 e. The number of thiophene rings is 1. The fourth-order valence-corrected chi connectivity index (χ4v) is 3.55. The van der Waals surface area contributed by atoms with Crippen LogP contribution < -0.4 is 16.6 Å². The molecule has 0 unspecified atom stereocenters. The third-order valence-corrected chi connectivity index (χ3v) is 4.87. The normalized spacial score (nSPS) is 11.0. The highest BCUT2D eigenvalue weighted by atomic mass is 32.1. The summed E-state index contributed by atoms with van der Waals surface area (Å²) in [6.45, 7) is 2.03. The van der Waals surface area contributed by atoms with E-state index in [-0.39, 0.29) is 12.1 Å². The summed E-state index contributed by atoms with van der Waals surface area (Å²) in [5.41, 5.74) is -0.0879. The molecule has 3 rings (SSSR count). The lowest BCUT2D eigenvalue weighted by Crippen LogP contribution is -2.41. The fourth-order valence-electron chi connectivity index (χ4n) is 2.71. The first-order chi connectivity index (χ1) is 12.5. The molecule has 0 saturated carbocycles. The summed E-state index contributed by atoms with van der Waals surface area (Å²) in [6, 6.07) is 7.18. The van der Waals surface area contributed by atoms with Gasteiger partial charge in [-0.15, -0.1) is 11.3 Å². The van der Waals surface area contributed by atoms with E-state index in [1.54, 1.807) is 17.5 Å². The predicted molar refractivity (Wildman–Crippen MR) is 100 cm³/mol. The number of benzene rings is 1. The highest BCUT2D eigenvalue weighted by Gasteiger charge is 2.16. The molecule has 0 aliphatic heterocycles. The van der Waals surface area contributed by atoms with E-state index >= 15 is 0 Å². The van der Waals surface area contributed by atoms with Gasteiger partial charge in [0.2, 0.25) is 5.91 Å². The highest BCUT2D eigenvalue weighted by Crippen LogP contribution is 2.16. The predicted octanol–water partition coefficient (Wildman–Crippen LogP) is 2.80. The molecule has 1 N–H and O–H groups in total. The first-order valence-electron chi connectivity index (χ1n) is 8.27. The lowest BCUT2D eigenvalue weighted by molar-refractivity contribution is -0.116. The first-order valence-corrected chi connectivity index (χ1v) is 9.15. The van der Waals surface area contributed by atoms with Gasteiger partial charge in [-0.1, -0.05) is 19.4 Å². The average molecular weight is 375 g/mol. The molecule has 0 radical (unpaired) electrons. The number of nitrogens with zero attached hydrogens (tertiary/aromatic N) is 2. The van der Waals surface area contributed by atoms with Gasteiger partial charge in [0.1, 0.15) is 17.1 Å². The van der Waals surface area contributed by atoms with Crippen LogP contribution in [-0.4, -0.2) is 15.0 Å². The molecule has 2 aromatic heterocycles. The topological polar surface area (TPSA) is 73.1 Å². The molecule has 0 spiro atoms. The van der Waals surface area contributed by atoms with Crippen LogP contribution in [0.3, 0.4) is 0 Å². The molecular weight excluding hydrogens is 357 g/mol. The summed E-state index contributed by atoms with van der Waals surface area (Å²) in [5.74, 6) is -0.931. The number of amides is 1. The largest absolute Gasteiger partial charge is 0.332 e. The van der Waals surface area contributed by atoms with Gasteiger partial charge in [0.15, 0.2) is 0 Å². The summed E-state index contributed by atoms with van der Waals surface area (Å²) >= 11 is 1.24. The zero-order chi connectivity index (χ0) is 18.7. The van der Waals surface area contributed by atoms with Crippen molar-refractivity contribution in [3.05, 3.63) is 62.4 Å². The van der Waals surface area contributed by atoms with Crippen LogP contribution in [0.25, 0.3) is 10.2 Å². The lowest BCUT2D eigenvalue weighted by atomic mass is 10.3. The fraction of sp³-hybridized carbons (Fsp3) is 0.278. The Balaban J connectivity index is 1.96. The van der Waals surface area contributed by atoms with Gasteiger partial charge in [0, 0.05) is 12.2 Å². The van der Waals surface area contributed by atoms with E-state index in [1.807, 2.05) is 6.92 Å². The number of hydrogen-bond donors (Lipinski definition) is 1. The maximum atomic E-state index is 13.2. The Morgan fingerprint density at radius 2 is 2.04 bits per heavy atom. The van der Waals surface area contributed by atoms with E-state index in [1.165, 1.54) is 38.7 Å². The van der Waals surface area contributed by atoms with Crippen molar-refractivity contribution >= 4 is 33.1 Å². The summed E-state index contributed by atoms with van der Waals surface area (Å²) in [6.07, 6.45) is 1.54. The van der Waals surface area contributed by atoms with Crippen LogP contribution in [0, 0.1) is 5.82 Å². The van der Waals surface area contributed by atoms with E-state index in [0.29, 0.717) is 28.9 Å². The van der Waals surface area contributed by atoms with Gasteiger partial charge in [0.25, 0.3) is 5.56 Å². The average Bonchev–Trinajstić information content (AvgIpc) is 3.08.